The molecule has 0 amide bonds. The molecule has 0 heterocycles. The van der Waals surface area contributed by atoms with E-state index in [-0.39, 0.29) is 25.7 Å². The van der Waals surface area contributed by atoms with Crippen molar-refractivity contribution in [3.05, 3.63) is 0 Å². The number of carbonyl (C=O) groups excluding carboxylic acids is 4. The molecule has 0 aliphatic heterocycles. The lowest BCUT2D eigenvalue weighted by Gasteiger charge is -2.21. The van der Waals surface area contributed by atoms with Crippen molar-refractivity contribution in [3.63, 3.8) is 0 Å². The molecule has 19 heteroatoms. The zero-order chi connectivity index (χ0) is 75.3. The van der Waals surface area contributed by atoms with Crippen molar-refractivity contribution in [3.8, 4) is 0 Å². The Morgan fingerprint density at radius 3 is 0.573 bits per heavy atom. The number of carbonyl (C=O) groups is 4. The van der Waals surface area contributed by atoms with Crippen LogP contribution in [0.2, 0.25) is 0 Å². The second kappa shape index (κ2) is 78.2. The molecule has 0 aromatic rings. The van der Waals surface area contributed by atoms with E-state index in [4.69, 9.17) is 37.0 Å². The standard InChI is InChI=1S/C84H164O17P2/c1-5-9-13-17-21-25-28-31-33-35-37-39-41-43-45-47-50-53-57-61-65-69-82(87)95-75-80(101-84(89)71-67-63-59-55-51-48-46-44-42-40-38-36-34-32-29-26-22-18-14-10-6-2)77-99-103(92,93)97-73-78(85)72-96-102(90,91)98-76-79(74-94-81(86)68-64-60-56-52-24-20-16-12-8-4)100-83(88)70-66-62-58-54-49-30-27-23-19-15-11-7-3/h78-80,85H,5-77H2,1-4H3,(H,90,91)(H,92,93)/t78-,79+,80+/m0/s1. The van der Waals surface area contributed by atoms with Crippen LogP contribution < -0.4 is 0 Å². The SMILES string of the molecule is CCCCCCCCCCCCCCCCCCCCCCCC(=O)OC[C@H](COP(=O)(O)OC[C@@H](O)COP(=O)(O)OC[C@@H](COC(=O)CCCCCCCCCCC)OC(=O)CCCCCCCCCCCCCC)OC(=O)CCCCCCCCCCCCCCCCCCCCCCC. The van der Waals surface area contributed by atoms with Crippen LogP contribution in [-0.4, -0.2) is 96.7 Å². The lowest BCUT2D eigenvalue weighted by molar-refractivity contribution is -0.161. The molecule has 0 aliphatic rings. The predicted molar refractivity (Wildman–Crippen MR) is 423 cm³/mol. The Balaban J connectivity index is 5.17. The summed E-state index contributed by atoms with van der Waals surface area (Å²) in [6.07, 6.45) is 72.4. The Bertz CT molecular complexity index is 1950. The van der Waals surface area contributed by atoms with E-state index in [1.165, 1.54) is 289 Å². The molecule has 0 spiro atoms. The van der Waals surface area contributed by atoms with Crippen LogP contribution in [0.3, 0.4) is 0 Å². The van der Waals surface area contributed by atoms with E-state index in [2.05, 4.69) is 27.7 Å². The third-order valence-electron chi connectivity index (χ3n) is 19.9. The fourth-order valence-electron chi connectivity index (χ4n) is 13.2. The highest BCUT2D eigenvalue weighted by Crippen LogP contribution is 2.45. The predicted octanol–water partition coefficient (Wildman–Crippen LogP) is 25.7. The third-order valence-corrected chi connectivity index (χ3v) is 21.8. The van der Waals surface area contributed by atoms with Gasteiger partial charge in [0, 0.05) is 25.7 Å². The zero-order valence-corrected chi connectivity index (χ0v) is 69.1. The summed E-state index contributed by atoms with van der Waals surface area (Å²) in [4.78, 5) is 73.0. The number of esters is 4. The van der Waals surface area contributed by atoms with Crippen molar-refractivity contribution in [2.45, 2.75) is 476 Å². The van der Waals surface area contributed by atoms with Crippen LogP contribution in [0.1, 0.15) is 458 Å². The van der Waals surface area contributed by atoms with Crippen LogP contribution in [0, 0.1) is 0 Å². The van der Waals surface area contributed by atoms with Crippen molar-refractivity contribution in [2.75, 3.05) is 39.6 Å². The first-order chi connectivity index (χ1) is 50.2. The molecule has 0 rings (SSSR count). The monoisotopic (exact) mass is 1510 g/mol. The van der Waals surface area contributed by atoms with Gasteiger partial charge in [0.2, 0.25) is 0 Å². The van der Waals surface area contributed by atoms with Gasteiger partial charge in [-0.3, -0.25) is 37.3 Å². The molecular formula is C84H164O17P2. The summed E-state index contributed by atoms with van der Waals surface area (Å²) in [7, 11) is -9.92. The summed E-state index contributed by atoms with van der Waals surface area (Å²) in [5.41, 5.74) is 0. The first kappa shape index (κ1) is 101. The molecule has 0 fully saturated rings. The minimum absolute atomic E-state index is 0.108. The Labute approximate surface area is 632 Å². The van der Waals surface area contributed by atoms with Crippen molar-refractivity contribution in [1.29, 1.82) is 0 Å². The van der Waals surface area contributed by atoms with E-state index in [0.717, 1.165) is 89.9 Å². The Kier molecular flexibility index (Phi) is 76.7. The number of aliphatic hydroxyl groups is 1. The second-order valence-electron chi connectivity index (χ2n) is 30.2. The van der Waals surface area contributed by atoms with Crippen LogP contribution >= 0.6 is 15.6 Å². The first-order valence-electron chi connectivity index (χ1n) is 43.8. The Hall–Kier alpha value is -1.94. The normalized spacial score (nSPS) is 13.7. The van der Waals surface area contributed by atoms with E-state index in [0.29, 0.717) is 25.7 Å². The maximum Gasteiger partial charge on any atom is 0.472 e. The molecule has 17 nitrogen and oxygen atoms in total. The van der Waals surface area contributed by atoms with Gasteiger partial charge in [0.15, 0.2) is 12.2 Å². The Morgan fingerprint density at radius 2 is 0.388 bits per heavy atom. The number of unbranched alkanes of at least 4 members (excludes halogenated alkanes) is 59. The van der Waals surface area contributed by atoms with E-state index >= 15 is 0 Å². The molecule has 0 aromatic heterocycles. The van der Waals surface area contributed by atoms with Gasteiger partial charge in [-0.15, -0.1) is 0 Å². The van der Waals surface area contributed by atoms with Crippen molar-refractivity contribution in [2.24, 2.45) is 0 Å². The largest absolute Gasteiger partial charge is 0.472 e. The van der Waals surface area contributed by atoms with Gasteiger partial charge in [-0.05, 0) is 25.7 Å². The smallest absolute Gasteiger partial charge is 0.462 e. The maximum atomic E-state index is 13.1. The average Bonchev–Trinajstić information content (AvgIpc) is 0.916. The van der Waals surface area contributed by atoms with Crippen LogP contribution in [0.5, 0.6) is 0 Å². The van der Waals surface area contributed by atoms with Crippen molar-refractivity contribution < 1.29 is 80.2 Å². The highest BCUT2D eigenvalue weighted by Gasteiger charge is 2.30. The zero-order valence-electron chi connectivity index (χ0n) is 67.3. The van der Waals surface area contributed by atoms with Gasteiger partial charge >= 0.3 is 39.5 Å². The fourth-order valence-corrected chi connectivity index (χ4v) is 14.7. The van der Waals surface area contributed by atoms with Gasteiger partial charge in [0.25, 0.3) is 0 Å². The molecule has 0 bridgehead atoms. The van der Waals surface area contributed by atoms with Gasteiger partial charge in [-0.2, -0.15) is 0 Å². The van der Waals surface area contributed by atoms with Gasteiger partial charge < -0.3 is 33.8 Å². The minimum Gasteiger partial charge on any atom is -0.462 e. The molecule has 0 aliphatic carbocycles. The summed E-state index contributed by atoms with van der Waals surface area (Å²) in [5.74, 6) is -2.10. The number of ether oxygens (including phenoxy) is 4. The quantitative estimate of drug-likeness (QED) is 0.0222. The first-order valence-corrected chi connectivity index (χ1v) is 46.8. The fraction of sp³-hybridized carbons (Fsp3) is 0.952. The van der Waals surface area contributed by atoms with Gasteiger partial charge in [-0.25, -0.2) is 9.13 Å². The highest BCUT2D eigenvalue weighted by atomic mass is 31.2. The van der Waals surface area contributed by atoms with E-state index < -0.39 is 97.5 Å². The molecule has 5 atom stereocenters. The Morgan fingerprint density at radius 1 is 0.233 bits per heavy atom. The minimum atomic E-state index is -4.96. The lowest BCUT2D eigenvalue weighted by Crippen LogP contribution is -2.30. The summed E-state index contributed by atoms with van der Waals surface area (Å²) in [5, 5.41) is 10.6. The topological polar surface area (TPSA) is 237 Å². The lowest BCUT2D eigenvalue weighted by atomic mass is 10.0. The van der Waals surface area contributed by atoms with Crippen LogP contribution in [0.4, 0.5) is 0 Å². The summed E-state index contributed by atoms with van der Waals surface area (Å²) < 4.78 is 68.7. The number of phosphoric acid groups is 2. The van der Waals surface area contributed by atoms with Crippen LogP contribution in [-0.2, 0) is 65.4 Å². The molecule has 0 saturated heterocycles. The molecule has 103 heavy (non-hydrogen) atoms. The average molecular weight is 1510 g/mol. The van der Waals surface area contributed by atoms with Gasteiger partial charge in [-0.1, -0.05) is 407 Å². The molecular weight excluding hydrogens is 1340 g/mol. The number of phosphoric ester groups is 2. The van der Waals surface area contributed by atoms with E-state index in [9.17, 15) is 43.2 Å². The summed E-state index contributed by atoms with van der Waals surface area (Å²) in [6.45, 7) is 5.02. The van der Waals surface area contributed by atoms with Crippen LogP contribution in [0.15, 0.2) is 0 Å². The van der Waals surface area contributed by atoms with Crippen molar-refractivity contribution in [1.82, 2.24) is 0 Å². The molecule has 0 saturated carbocycles. The number of aliphatic hydroxyl groups excluding tert-OH is 1. The third kappa shape index (κ3) is 78.0. The molecule has 0 radical (unpaired) electrons. The molecule has 3 N–H and O–H groups in total. The maximum absolute atomic E-state index is 13.1. The van der Waals surface area contributed by atoms with E-state index in [1.54, 1.807) is 0 Å². The van der Waals surface area contributed by atoms with Gasteiger partial charge in [0.1, 0.15) is 19.3 Å². The highest BCUT2D eigenvalue weighted by molar-refractivity contribution is 7.47. The van der Waals surface area contributed by atoms with Crippen LogP contribution in [0.25, 0.3) is 0 Å². The van der Waals surface area contributed by atoms with E-state index in [1.807, 2.05) is 0 Å². The molecule has 612 valence electrons. The number of hydrogen-bond donors (Lipinski definition) is 3. The second-order valence-corrected chi connectivity index (χ2v) is 33.1. The molecule has 2 unspecified atom stereocenters. The summed E-state index contributed by atoms with van der Waals surface area (Å²) in [6, 6.07) is 0. The van der Waals surface area contributed by atoms with Gasteiger partial charge in [0.05, 0.1) is 26.4 Å². The molecule has 0 aromatic carbocycles. The number of hydrogen-bond acceptors (Lipinski definition) is 15. The number of rotatable bonds is 85. The van der Waals surface area contributed by atoms with Crippen molar-refractivity contribution >= 4 is 39.5 Å². The summed E-state index contributed by atoms with van der Waals surface area (Å²) >= 11 is 0.